The smallest absolute Gasteiger partial charge is 0.463 e. The molecule has 0 spiro atoms. The molecule has 444 valence electrons. The molecule has 0 aromatic heterocycles. The Morgan fingerprint density at radius 1 is 0.377 bits per heavy atom. The second-order valence-corrected chi connectivity index (χ2v) is 22.0. The molecular weight excluding hydrogens is 1030 g/mol. The van der Waals surface area contributed by atoms with E-state index in [1.165, 1.54) is 0 Å². The van der Waals surface area contributed by atoms with Crippen molar-refractivity contribution in [3.8, 4) is 0 Å². The maximum Gasteiger partial charge on any atom is 0.472 e. The first kappa shape index (κ1) is 73.7. The minimum atomic E-state index is -4.92. The largest absolute Gasteiger partial charge is 0.472 e. The number of phosphoric acid groups is 2. The van der Waals surface area contributed by atoms with Gasteiger partial charge in [0.25, 0.3) is 0 Å². The summed E-state index contributed by atoms with van der Waals surface area (Å²) >= 11 is 0. The Balaban J connectivity index is 4.73. The number of hydrogen-bond donors (Lipinski definition) is 4. The number of hydrogen-bond acceptors (Lipinski definition) is 14. The molecule has 0 aliphatic rings. The van der Waals surface area contributed by atoms with Crippen molar-refractivity contribution in [3.63, 3.8) is 0 Å². The summed E-state index contributed by atoms with van der Waals surface area (Å²) in [6, 6.07) is 0. The molecule has 0 radical (unpaired) electrons. The molecule has 5 unspecified atom stereocenters. The fourth-order valence-electron chi connectivity index (χ4n) is 7.13. The zero-order valence-electron chi connectivity index (χ0n) is 47.4. The first-order valence-electron chi connectivity index (χ1n) is 28.9. The molecule has 0 rings (SSSR count). The maximum atomic E-state index is 12.8. The molecule has 16 nitrogen and oxygen atoms in total. The Hall–Kier alpha value is -3.27. The van der Waals surface area contributed by atoms with Crippen molar-refractivity contribution in [1.82, 2.24) is 0 Å². The number of ether oxygens (including phenoxy) is 3. The number of unbranched alkanes of at least 4 members (excludes halogenated alkanes) is 17. The summed E-state index contributed by atoms with van der Waals surface area (Å²) in [5, 5.41) is 20.4. The highest BCUT2D eigenvalue weighted by atomic mass is 31.2. The van der Waals surface area contributed by atoms with Crippen LogP contribution in [0, 0.1) is 0 Å². The number of phosphoric ester groups is 2. The summed E-state index contributed by atoms with van der Waals surface area (Å²) in [6.07, 6.45) is 52.3. The second kappa shape index (κ2) is 53.4. The lowest BCUT2D eigenvalue weighted by Crippen LogP contribution is -2.30. The van der Waals surface area contributed by atoms with E-state index >= 15 is 0 Å². The number of aliphatic hydroxyl groups is 2. The standard InChI is InChI=1S/C59H102O16P2/c1-4-7-10-13-16-19-22-25-26-29-31-33-36-39-42-45-57(62)69-48-54(60)49-71-76(65,66)72-50-55(61)51-73-77(67,68)74-53-56(75-59(64)47-44-41-38-35-32-28-24-21-18-15-12-9-6-3)52-70-58(63)46-43-40-37-34-30-27-23-20-17-14-11-8-5-2/h7,10-12,14-16,19-21,23-26,54-56,60-61H,4-6,8-9,13,17-18,22,27-53H2,1-3H3,(H,65,66)(H,67,68)/b10-7-,14-11-,15-12-,19-16-,23-20-,24-21-,26-25-. The van der Waals surface area contributed by atoms with Gasteiger partial charge in [-0.2, -0.15) is 0 Å². The third-order valence-electron chi connectivity index (χ3n) is 11.5. The molecule has 4 N–H and O–H groups in total. The molecule has 0 bridgehead atoms. The van der Waals surface area contributed by atoms with Gasteiger partial charge in [0.05, 0.1) is 26.4 Å². The van der Waals surface area contributed by atoms with Gasteiger partial charge in [-0.1, -0.05) is 176 Å². The lowest BCUT2D eigenvalue weighted by atomic mass is 10.1. The Morgan fingerprint density at radius 2 is 0.688 bits per heavy atom. The molecule has 0 saturated carbocycles. The molecule has 0 aliphatic carbocycles. The summed E-state index contributed by atoms with van der Waals surface area (Å²) in [7, 11) is -9.77. The fraction of sp³-hybridized carbons (Fsp3) is 0.712. The minimum Gasteiger partial charge on any atom is -0.463 e. The number of rotatable bonds is 54. The molecule has 0 aromatic rings. The van der Waals surface area contributed by atoms with Crippen LogP contribution in [0.2, 0.25) is 0 Å². The van der Waals surface area contributed by atoms with Gasteiger partial charge in [0.15, 0.2) is 6.10 Å². The Morgan fingerprint density at radius 3 is 1.09 bits per heavy atom. The van der Waals surface area contributed by atoms with E-state index in [0.29, 0.717) is 19.3 Å². The molecule has 18 heteroatoms. The van der Waals surface area contributed by atoms with Crippen molar-refractivity contribution in [2.75, 3.05) is 39.6 Å². The van der Waals surface area contributed by atoms with E-state index < -0.39 is 91.5 Å². The van der Waals surface area contributed by atoms with E-state index in [4.69, 9.17) is 32.3 Å². The van der Waals surface area contributed by atoms with Gasteiger partial charge in [0.2, 0.25) is 0 Å². The van der Waals surface area contributed by atoms with E-state index in [-0.39, 0.29) is 19.3 Å². The number of esters is 3. The average molecular weight is 1130 g/mol. The molecular formula is C59H102O16P2. The zero-order chi connectivity index (χ0) is 56.8. The quantitative estimate of drug-likeness (QED) is 0.0146. The Bertz CT molecular complexity index is 1760. The molecule has 0 saturated heterocycles. The van der Waals surface area contributed by atoms with Crippen LogP contribution in [-0.2, 0) is 55.8 Å². The highest BCUT2D eigenvalue weighted by Crippen LogP contribution is 2.45. The van der Waals surface area contributed by atoms with Gasteiger partial charge < -0.3 is 34.2 Å². The average Bonchev–Trinajstić information content (AvgIpc) is 3.40. The number of carbonyl (C=O) groups excluding carboxylic acids is 3. The van der Waals surface area contributed by atoms with Crippen LogP contribution in [0.5, 0.6) is 0 Å². The van der Waals surface area contributed by atoms with Crippen LogP contribution < -0.4 is 0 Å². The number of aliphatic hydroxyl groups excluding tert-OH is 2. The molecule has 0 aromatic carbocycles. The van der Waals surface area contributed by atoms with Gasteiger partial charge in [-0.25, -0.2) is 9.13 Å². The van der Waals surface area contributed by atoms with Crippen LogP contribution >= 0.6 is 15.6 Å². The summed E-state index contributed by atoms with van der Waals surface area (Å²) in [4.78, 5) is 58.0. The first-order valence-corrected chi connectivity index (χ1v) is 31.9. The van der Waals surface area contributed by atoms with Crippen LogP contribution in [-0.4, -0.2) is 95.9 Å². The van der Waals surface area contributed by atoms with Crippen LogP contribution in [0.4, 0.5) is 0 Å². The highest BCUT2D eigenvalue weighted by molar-refractivity contribution is 7.47. The van der Waals surface area contributed by atoms with Crippen molar-refractivity contribution < 1.29 is 75.8 Å². The van der Waals surface area contributed by atoms with Crippen molar-refractivity contribution in [2.24, 2.45) is 0 Å². The van der Waals surface area contributed by atoms with E-state index in [1.54, 1.807) is 0 Å². The van der Waals surface area contributed by atoms with Crippen LogP contribution in [0.25, 0.3) is 0 Å². The topological polar surface area (TPSA) is 231 Å². The monoisotopic (exact) mass is 1130 g/mol. The molecule has 0 heterocycles. The van der Waals surface area contributed by atoms with Crippen LogP contribution in [0.3, 0.4) is 0 Å². The van der Waals surface area contributed by atoms with E-state index in [9.17, 15) is 43.5 Å². The molecule has 0 aliphatic heterocycles. The molecule has 77 heavy (non-hydrogen) atoms. The predicted molar refractivity (Wildman–Crippen MR) is 307 cm³/mol. The minimum absolute atomic E-state index is 0.0842. The normalized spacial score (nSPS) is 15.2. The van der Waals surface area contributed by atoms with Gasteiger partial charge in [-0.05, 0) is 103 Å². The van der Waals surface area contributed by atoms with Crippen molar-refractivity contribution in [1.29, 1.82) is 0 Å². The van der Waals surface area contributed by atoms with E-state index in [0.717, 1.165) is 154 Å². The van der Waals surface area contributed by atoms with Gasteiger partial charge >= 0.3 is 33.6 Å². The van der Waals surface area contributed by atoms with Gasteiger partial charge in [-0.15, -0.1) is 0 Å². The number of allylic oxidation sites excluding steroid dienone is 14. The van der Waals surface area contributed by atoms with Crippen LogP contribution in [0.1, 0.15) is 213 Å². The van der Waals surface area contributed by atoms with E-state index in [1.807, 2.05) is 0 Å². The first-order chi connectivity index (χ1) is 37.2. The van der Waals surface area contributed by atoms with E-state index in [2.05, 4.69) is 106 Å². The third-order valence-corrected chi connectivity index (χ3v) is 13.4. The summed E-state index contributed by atoms with van der Waals surface area (Å²) in [5.74, 6) is -1.63. The van der Waals surface area contributed by atoms with Gasteiger partial charge in [-0.3, -0.25) is 32.5 Å². The Labute approximate surface area is 464 Å². The second-order valence-electron chi connectivity index (χ2n) is 19.1. The lowest BCUT2D eigenvalue weighted by Gasteiger charge is -2.21. The van der Waals surface area contributed by atoms with Crippen molar-refractivity contribution >= 4 is 33.6 Å². The molecule has 0 amide bonds. The summed E-state index contributed by atoms with van der Waals surface area (Å²) < 4.78 is 60.5. The van der Waals surface area contributed by atoms with Gasteiger partial charge in [0, 0.05) is 19.3 Å². The summed E-state index contributed by atoms with van der Waals surface area (Å²) in [6.45, 7) is 2.33. The lowest BCUT2D eigenvalue weighted by molar-refractivity contribution is -0.161. The van der Waals surface area contributed by atoms with Crippen LogP contribution in [0.15, 0.2) is 85.1 Å². The van der Waals surface area contributed by atoms with Crippen molar-refractivity contribution in [2.45, 2.75) is 232 Å². The third kappa shape index (κ3) is 54.5. The molecule has 5 atom stereocenters. The zero-order valence-corrected chi connectivity index (χ0v) is 49.1. The predicted octanol–water partition coefficient (Wildman–Crippen LogP) is 14.6. The SMILES string of the molecule is CC/C=C\C/C=C\C/C=C\CCCCCCCC(=O)OCC(O)COP(=O)(O)OCC(O)COP(=O)(O)OCC(COC(=O)CCCCCCC/C=C\C/C=C\CCC)OC(=O)CCCCCCC/C=C\C/C=C\CCC. The highest BCUT2D eigenvalue weighted by Gasteiger charge is 2.29. The van der Waals surface area contributed by atoms with Crippen molar-refractivity contribution in [3.05, 3.63) is 85.1 Å². The van der Waals surface area contributed by atoms with Gasteiger partial charge in [0.1, 0.15) is 25.4 Å². The fourth-order valence-corrected chi connectivity index (χ4v) is 8.71. The molecule has 0 fully saturated rings. The summed E-state index contributed by atoms with van der Waals surface area (Å²) in [5.41, 5.74) is 0. The number of carbonyl (C=O) groups is 3. The Kier molecular flexibility index (Phi) is 51.1. The maximum absolute atomic E-state index is 12.8.